The van der Waals surface area contributed by atoms with Crippen LogP contribution in [0.5, 0.6) is 0 Å². The van der Waals surface area contributed by atoms with Crippen molar-refractivity contribution >= 4 is 23.6 Å². The first-order valence-corrected chi connectivity index (χ1v) is 7.43. The Hall–Kier alpha value is -1.63. The van der Waals surface area contributed by atoms with Crippen molar-refractivity contribution in [2.75, 3.05) is 12.3 Å². The zero-order valence-corrected chi connectivity index (χ0v) is 12.4. The topological polar surface area (TPSA) is 66.4 Å². The van der Waals surface area contributed by atoms with Crippen LogP contribution in [0.4, 0.5) is 8.78 Å². The van der Waals surface area contributed by atoms with E-state index in [1.807, 2.05) is 6.92 Å². The second-order valence-corrected chi connectivity index (χ2v) is 5.72. The maximum Gasteiger partial charge on any atom is 0.303 e. The largest absolute Gasteiger partial charge is 0.481 e. The van der Waals surface area contributed by atoms with Crippen molar-refractivity contribution < 1.29 is 23.5 Å². The molecule has 0 spiro atoms. The molecule has 4 nitrogen and oxygen atoms in total. The average molecular weight is 317 g/mol. The third-order valence-corrected chi connectivity index (χ3v) is 3.80. The van der Waals surface area contributed by atoms with Gasteiger partial charge in [0.1, 0.15) is 11.6 Å². The number of aliphatic carboxylic acids is 1. The van der Waals surface area contributed by atoms with E-state index in [-0.39, 0.29) is 28.9 Å². The highest BCUT2D eigenvalue weighted by Gasteiger charge is 2.10. The van der Waals surface area contributed by atoms with Crippen LogP contribution in [0.3, 0.4) is 0 Å². The van der Waals surface area contributed by atoms with Crippen LogP contribution in [0.2, 0.25) is 0 Å². The van der Waals surface area contributed by atoms with E-state index in [1.54, 1.807) is 0 Å². The number of rotatable bonds is 8. The molecule has 7 heteroatoms. The smallest absolute Gasteiger partial charge is 0.303 e. The highest BCUT2D eigenvalue weighted by molar-refractivity contribution is 8.00. The molecule has 0 heterocycles. The summed E-state index contributed by atoms with van der Waals surface area (Å²) in [5, 5.41) is 11.2. The molecule has 1 aromatic carbocycles. The Morgan fingerprint density at radius 3 is 2.71 bits per heavy atom. The van der Waals surface area contributed by atoms with Gasteiger partial charge in [-0.1, -0.05) is 6.92 Å². The minimum atomic E-state index is -0.865. The Morgan fingerprint density at radius 2 is 2.10 bits per heavy atom. The standard InChI is InChI=1S/C14H17F2NO3S/c1-9(2-5-14(19)20)7-17-13(18)8-21-12-4-3-10(15)6-11(12)16/h3-4,6,9H,2,5,7-8H2,1H3,(H,17,18)(H,19,20). The lowest BCUT2D eigenvalue weighted by atomic mass is 10.1. The highest BCUT2D eigenvalue weighted by Crippen LogP contribution is 2.22. The van der Waals surface area contributed by atoms with Gasteiger partial charge in [-0.05, 0) is 24.5 Å². The van der Waals surface area contributed by atoms with Crippen molar-refractivity contribution in [1.82, 2.24) is 5.32 Å². The van der Waals surface area contributed by atoms with Gasteiger partial charge in [0, 0.05) is 23.9 Å². The number of halogens is 2. The SMILES string of the molecule is CC(CCC(=O)O)CNC(=O)CSc1ccc(F)cc1F. The lowest BCUT2D eigenvalue weighted by Gasteiger charge is -2.11. The molecule has 0 aliphatic heterocycles. The molecule has 1 rings (SSSR count). The van der Waals surface area contributed by atoms with Gasteiger partial charge < -0.3 is 10.4 Å². The summed E-state index contributed by atoms with van der Waals surface area (Å²) in [5.74, 6) is -2.41. The highest BCUT2D eigenvalue weighted by atomic mass is 32.2. The van der Waals surface area contributed by atoms with Crippen LogP contribution in [0, 0.1) is 17.6 Å². The Labute approximate surface area is 125 Å². The van der Waals surface area contributed by atoms with Crippen LogP contribution >= 0.6 is 11.8 Å². The van der Waals surface area contributed by atoms with Crippen molar-refractivity contribution in [3.63, 3.8) is 0 Å². The maximum absolute atomic E-state index is 13.3. The van der Waals surface area contributed by atoms with Crippen LogP contribution in [-0.4, -0.2) is 29.3 Å². The molecule has 0 fully saturated rings. The van der Waals surface area contributed by atoms with Gasteiger partial charge >= 0.3 is 5.97 Å². The Bertz CT molecular complexity index is 511. The van der Waals surface area contributed by atoms with Gasteiger partial charge in [0.05, 0.1) is 5.75 Å². The molecule has 1 unspecified atom stereocenters. The van der Waals surface area contributed by atoms with E-state index >= 15 is 0 Å². The number of carbonyl (C=O) groups excluding carboxylic acids is 1. The fraction of sp³-hybridized carbons (Fsp3) is 0.429. The zero-order valence-electron chi connectivity index (χ0n) is 11.6. The summed E-state index contributed by atoms with van der Waals surface area (Å²) >= 11 is 0.986. The van der Waals surface area contributed by atoms with E-state index in [2.05, 4.69) is 5.32 Å². The summed E-state index contributed by atoms with van der Waals surface area (Å²) < 4.78 is 26.1. The van der Waals surface area contributed by atoms with Crippen molar-refractivity contribution in [3.05, 3.63) is 29.8 Å². The van der Waals surface area contributed by atoms with Gasteiger partial charge in [0.2, 0.25) is 5.91 Å². The summed E-state index contributed by atoms with van der Waals surface area (Å²) in [4.78, 5) is 22.2. The van der Waals surface area contributed by atoms with Crippen LogP contribution in [0.15, 0.2) is 23.1 Å². The second kappa shape index (κ2) is 8.61. The van der Waals surface area contributed by atoms with Crippen molar-refractivity contribution in [3.8, 4) is 0 Å². The number of nitrogens with one attached hydrogen (secondary N) is 1. The molecular weight excluding hydrogens is 300 g/mol. The number of carbonyl (C=O) groups is 2. The summed E-state index contributed by atoms with van der Waals surface area (Å²) in [5.41, 5.74) is 0. The third-order valence-electron chi connectivity index (χ3n) is 2.75. The van der Waals surface area contributed by atoms with Gasteiger partial charge in [-0.15, -0.1) is 11.8 Å². The van der Waals surface area contributed by atoms with E-state index in [1.165, 1.54) is 6.07 Å². The molecule has 0 radical (unpaired) electrons. The molecule has 0 saturated heterocycles. The predicted molar refractivity (Wildman–Crippen MR) is 76.1 cm³/mol. The van der Waals surface area contributed by atoms with Crippen LogP contribution in [0.25, 0.3) is 0 Å². The first-order valence-electron chi connectivity index (χ1n) is 6.45. The van der Waals surface area contributed by atoms with E-state index in [9.17, 15) is 18.4 Å². The molecule has 0 aliphatic carbocycles. The number of hydrogen-bond donors (Lipinski definition) is 2. The van der Waals surface area contributed by atoms with Gasteiger partial charge in [-0.25, -0.2) is 8.78 Å². The van der Waals surface area contributed by atoms with Gasteiger partial charge in [0.25, 0.3) is 0 Å². The molecule has 1 atom stereocenters. The predicted octanol–water partition coefficient (Wildman–Crippen LogP) is 2.67. The van der Waals surface area contributed by atoms with E-state index in [0.717, 1.165) is 23.9 Å². The molecule has 0 saturated carbocycles. The normalized spacial score (nSPS) is 12.0. The van der Waals surface area contributed by atoms with Crippen LogP contribution in [0.1, 0.15) is 19.8 Å². The first kappa shape index (κ1) is 17.4. The lowest BCUT2D eigenvalue weighted by Crippen LogP contribution is -2.29. The number of amides is 1. The molecule has 0 aliphatic rings. The maximum atomic E-state index is 13.3. The Balaban J connectivity index is 2.29. The summed E-state index contributed by atoms with van der Waals surface area (Å²) in [6.07, 6.45) is 0.544. The first-order chi connectivity index (χ1) is 9.88. The zero-order chi connectivity index (χ0) is 15.8. The molecule has 1 amide bonds. The monoisotopic (exact) mass is 317 g/mol. The molecule has 116 valence electrons. The van der Waals surface area contributed by atoms with E-state index in [4.69, 9.17) is 5.11 Å². The fourth-order valence-corrected chi connectivity index (χ4v) is 2.30. The van der Waals surface area contributed by atoms with E-state index < -0.39 is 17.6 Å². The summed E-state index contributed by atoms with van der Waals surface area (Å²) in [6.45, 7) is 2.22. The van der Waals surface area contributed by atoms with Gasteiger partial charge in [-0.2, -0.15) is 0 Å². The second-order valence-electron chi connectivity index (χ2n) is 4.71. The van der Waals surface area contributed by atoms with Crippen LogP contribution in [-0.2, 0) is 9.59 Å². The van der Waals surface area contributed by atoms with Gasteiger partial charge in [-0.3, -0.25) is 9.59 Å². The molecule has 1 aromatic rings. The Kier molecular flexibility index (Phi) is 7.14. The van der Waals surface area contributed by atoms with E-state index in [0.29, 0.717) is 13.0 Å². The molecular formula is C14H17F2NO3S. The number of hydrogen-bond acceptors (Lipinski definition) is 3. The van der Waals surface area contributed by atoms with Crippen molar-refractivity contribution in [1.29, 1.82) is 0 Å². The third kappa shape index (κ3) is 7.08. The van der Waals surface area contributed by atoms with Crippen molar-refractivity contribution in [2.24, 2.45) is 5.92 Å². The average Bonchev–Trinajstić information content (AvgIpc) is 2.41. The molecule has 21 heavy (non-hydrogen) atoms. The van der Waals surface area contributed by atoms with Crippen molar-refractivity contribution in [2.45, 2.75) is 24.7 Å². The fourth-order valence-electron chi connectivity index (χ4n) is 1.55. The number of benzene rings is 1. The quantitative estimate of drug-likeness (QED) is 0.724. The molecule has 0 aromatic heterocycles. The summed E-state index contributed by atoms with van der Waals surface area (Å²) in [6, 6.07) is 3.20. The minimum absolute atomic E-state index is 0.0220. The number of carboxylic acid groups (broad SMARTS) is 1. The number of thioether (sulfide) groups is 1. The van der Waals surface area contributed by atoms with Gasteiger partial charge in [0.15, 0.2) is 0 Å². The molecule has 2 N–H and O–H groups in total. The molecule has 0 bridgehead atoms. The summed E-state index contributed by atoms with van der Waals surface area (Å²) in [7, 11) is 0. The minimum Gasteiger partial charge on any atom is -0.481 e. The Morgan fingerprint density at radius 1 is 1.38 bits per heavy atom. The number of carboxylic acids is 1. The lowest BCUT2D eigenvalue weighted by molar-refractivity contribution is -0.137. The van der Waals surface area contributed by atoms with Crippen LogP contribution < -0.4 is 5.32 Å².